The number of ether oxygens (including phenoxy) is 1. The van der Waals surface area contributed by atoms with Crippen molar-refractivity contribution in [3.05, 3.63) is 23.2 Å². The molecule has 0 unspecified atom stereocenters. The highest BCUT2D eigenvalue weighted by molar-refractivity contribution is 5.98. The van der Waals surface area contributed by atoms with E-state index in [4.69, 9.17) is 9.15 Å². The number of carbonyl (C=O) groups is 3. The van der Waals surface area contributed by atoms with Crippen LogP contribution in [0, 0.1) is 13.8 Å². The molecule has 1 aromatic rings. The number of hydrogen-bond acceptors (Lipinski definition) is 5. The zero-order valence-electron chi connectivity index (χ0n) is 14.3. The first-order chi connectivity index (χ1) is 11.4. The Morgan fingerprint density at radius 3 is 2.46 bits per heavy atom. The summed E-state index contributed by atoms with van der Waals surface area (Å²) in [6, 6.07) is 1.10. The quantitative estimate of drug-likeness (QED) is 0.824. The van der Waals surface area contributed by atoms with E-state index in [2.05, 4.69) is 10.6 Å². The van der Waals surface area contributed by atoms with E-state index in [1.165, 1.54) is 13.3 Å². The number of furan rings is 1. The monoisotopic (exact) mass is 336 g/mol. The molecule has 1 saturated carbocycles. The highest BCUT2D eigenvalue weighted by atomic mass is 16.5. The minimum absolute atomic E-state index is 0.0981. The molecule has 2 rings (SSSR count). The fraction of sp³-hybridized carbons (Fsp3) is 0.588. The average molecular weight is 336 g/mol. The summed E-state index contributed by atoms with van der Waals surface area (Å²) in [5.74, 6) is -0.294. The Morgan fingerprint density at radius 1 is 1.21 bits per heavy atom. The van der Waals surface area contributed by atoms with Crippen LogP contribution in [-0.2, 0) is 9.53 Å². The van der Waals surface area contributed by atoms with Gasteiger partial charge in [0.1, 0.15) is 17.1 Å². The van der Waals surface area contributed by atoms with E-state index < -0.39 is 24.0 Å². The number of esters is 1. The zero-order chi connectivity index (χ0) is 17.7. The number of aryl methyl sites for hydroxylation is 2. The number of rotatable bonds is 4. The molecule has 24 heavy (non-hydrogen) atoms. The Balaban J connectivity index is 1.81. The molecule has 2 N–H and O–H groups in total. The molecule has 1 heterocycles. The number of hydrogen-bond donors (Lipinski definition) is 2. The third-order valence-corrected chi connectivity index (χ3v) is 4.09. The first-order valence-electron chi connectivity index (χ1n) is 8.26. The molecule has 3 amide bonds. The summed E-state index contributed by atoms with van der Waals surface area (Å²) in [5.41, 5.74) is 0.277. The lowest BCUT2D eigenvalue weighted by Crippen LogP contribution is -2.48. The van der Waals surface area contributed by atoms with Gasteiger partial charge in [0, 0.05) is 6.04 Å². The van der Waals surface area contributed by atoms with Crippen LogP contribution in [0.1, 0.15) is 60.9 Å². The number of urea groups is 1. The van der Waals surface area contributed by atoms with Gasteiger partial charge in [0.25, 0.3) is 5.91 Å². The largest absolute Gasteiger partial charge is 0.466 e. The van der Waals surface area contributed by atoms with Gasteiger partial charge in [-0.1, -0.05) is 19.3 Å². The van der Waals surface area contributed by atoms with Crippen molar-refractivity contribution >= 4 is 17.9 Å². The van der Waals surface area contributed by atoms with Gasteiger partial charge in [0.2, 0.25) is 0 Å². The third kappa shape index (κ3) is 4.84. The molecule has 1 atom stereocenters. The van der Waals surface area contributed by atoms with Crippen LogP contribution in [0.2, 0.25) is 0 Å². The Hall–Kier alpha value is -2.31. The number of amides is 3. The summed E-state index contributed by atoms with van der Waals surface area (Å²) in [6.45, 7) is 4.78. The van der Waals surface area contributed by atoms with E-state index in [1.807, 2.05) is 0 Å². The van der Waals surface area contributed by atoms with Crippen molar-refractivity contribution in [3.8, 4) is 0 Å². The predicted molar refractivity (Wildman–Crippen MR) is 86.6 cm³/mol. The van der Waals surface area contributed by atoms with Crippen LogP contribution in [0.4, 0.5) is 4.79 Å². The van der Waals surface area contributed by atoms with Gasteiger partial charge in [0.05, 0.1) is 0 Å². The standard InChI is InChI=1S/C17H24N2O5/c1-10-9-14(11(2)23-10)16(21)24-12(3)15(20)19-17(22)18-13-7-5-4-6-8-13/h9,12-13H,4-8H2,1-3H3,(H2,18,19,20,22)/t12-/m0/s1. The zero-order valence-corrected chi connectivity index (χ0v) is 14.3. The summed E-state index contributed by atoms with van der Waals surface area (Å²) in [6.07, 6.45) is 4.10. The van der Waals surface area contributed by atoms with Gasteiger partial charge in [-0.15, -0.1) is 0 Å². The lowest BCUT2D eigenvalue weighted by molar-refractivity contribution is -0.127. The first-order valence-corrected chi connectivity index (χ1v) is 8.26. The number of carbonyl (C=O) groups excluding carboxylic acids is 3. The predicted octanol–water partition coefficient (Wildman–Crippen LogP) is 2.60. The maximum Gasteiger partial charge on any atom is 0.342 e. The molecule has 0 radical (unpaired) electrons. The normalized spacial score (nSPS) is 16.3. The van der Waals surface area contributed by atoms with Gasteiger partial charge in [-0.3, -0.25) is 10.1 Å². The molecular weight excluding hydrogens is 312 g/mol. The second kappa shape index (κ2) is 7.99. The van der Waals surface area contributed by atoms with Crippen molar-refractivity contribution in [3.63, 3.8) is 0 Å². The summed E-state index contributed by atoms with van der Waals surface area (Å²) in [5, 5.41) is 4.99. The molecule has 0 spiro atoms. The molecule has 0 aromatic carbocycles. The van der Waals surface area contributed by atoms with Crippen LogP contribution in [-0.4, -0.2) is 30.1 Å². The number of imide groups is 1. The van der Waals surface area contributed by atoms with Gasteiger partial charge in [-0.25, -0.2) is 9.59 Å². The SMILES string of the molecule is Cc1cc(C(=O)O[C@@H](C)C(=O)NC(=O)NC2CCCCC2)c(C)o1. The Bertz CT molecular complexity index is 616. The van der Waals surface area contributed by atoms with E-state index in [0.717, 1.165) is 25.7 Å². The molecule has 1 fully saturated rings. The Kier molecular flexibility index (Phi) is 6.00. The topological polar surface area (TPSA) is 97.6 Å². The van der Waals surface area contributed by atoms with Gasteiger partial charge in [-0.2, -0.15) is 0 Å². The van der Waals surface area contributed by atoms with Crippen molar-refractivity contribution in [1.29, 1.82) is 0 Å². The van der Waals surface area contributed by atoms with Gasteiger partial charge < -0.3 is 14.5 Å². The van der Waals surface area contributed by atoms with Gasteiger partial charge in [0.15, 0.2) is 6.10 Å². The summed E-state index contributed by atoms with van der Waals surface area (Å²) >= 11 is 0. The van der Waals surface area contributed by atoms with Gasteiger partial charge >= 0.3 is 12.0 Å². The van der Waals surface area contributed by atoms with E-state index >= 15 is 0 Å². The van der Waals surface area contributed by atoms with Crippen LogP contribution < -0.4 is 10.6 Å². The highest BCUT2D eigenvalue weighted by Crippen LogP contribution is 2.17. The third-order valence-electron chi connectivity index (χ3n) is 4.09. The van der Waals surface area contributed by atoms with Crippen molar-refractivity contribution in [2.45, 2.75) is 65.0 Å². The van der Waals surface area contributed by atoms with Crippen LogP contribution in [0.15, 0.2) is 10.5 Å². The first kappa shape index (κ1) is 18.0. The highest BCUT2D eigenvalue weighted by Gasteiger charge is 2.24. The fourth-order valence-corrected chi connectivity index (χ4v) is 2.79. The van der Waals surface area contributed by atoms with Gasteiger partial charge in [-0.05, 0) is 39.7 Å². The second-order valence-corrected chi connectivity index (χ2v) is 6.17. The maximum absolute atomic E-state index is 12.0. The van der Waals surface area contributed by atoms with E-state index in [-0.39, 0.29) is 11.6 Å². The average Bonchev–Trinajstić information content (AvgIpc) is 2.86. The van der Waals surface area contributed by atoms with Crippen molar-refractivity contribution in [2.24, 2.45) is 0 Å². The van der Waals surface area contributed by atoms with E-state index in [0.29, 0.717) is 11.5 Å². The van der Waals surface area contributed by atoms with Crippen molar-refractivity contribution in [1.82, 2.24) is 10.6 Å². The molecule has 0 aliphatic heterocycles. The molecule has 0 bridgehead atoms. The summed E-state index contributed by atoms with van der Waals surface area (Å²) < 4.78 is 10.4. The molecule has 1 aliphatic rings. The van der Waals surface area contributed by atoms with E-state index in [1.54, 1.807) is 19.9 Å². The lowest BCUT2D eigenvalue weighted by atomic mass is 9.96. The number of nitrogens with one attached hydrogen (secondary N) is 2. The van der Waals surface area contributed by atoms with E-state index in [9.17, 15) is 14.4 Å². The second-order valence-electron chi connectivity index (χ2n) is 6.17. The molecule has 0 saturated heterocycles. The molecule has 7 heteroatoms. The lowest BCUT2D eigenvalue weighted by Gasteiger charge is -2.23. The van der Waals surface area contributed by atoms with Crippen LogP contribution in [0.3, 0.4) is 0 Å². The molecular formula is C17H24N2O5. The maximum atomic E-state index is 12.0. The summed E-state index contributed by atoms with van der Waals surface area (Å²) in [4.78, 5) is 35.9. The van der Waals surface area contributed by atoms with Crippen LogP contribution in [0.25, 0.3) is 0 Å². The van der Waals surface area contributed by atoms with Crippen molar-refractivity contribution < 1.29 is 23.5 Å². The minimum Gasteiger partial charge on any atom is -0.466 e. The minimum atomic E-state index is -1.08. The molecule has 132 valence electrons. The molecule has 1 aliphatic carbocycles. The fourth-order valence-electron chi connectivity index (χ4n) is 2.79. The Labute approximate surface area is 141 Å². The molecule has 1 aromatic heterocycles. The summed E-state index contributed by atoms with van der Waals surface area (Å²) in [7, 11) is 0. The smallest absolute Gasteiger partial charge is 0.342 e. The van der Waals surface area contributed by atoms with Crippen molar-refractivity contribution in [2.75, 3.05) is 0 Å². The van der Waals surface area contributed by atoms with Crippen LogP contribution >= 0.6 is 0 Å². The Morgan fingerprint density at radius 2 is 1.88 bits per heavy atom. The van der Waals surface area contributed by atoms with Crippen LogP contribution in [0.5, 0.6) is 0 Å². The molecule has 7 nitrogen and oxygen atoms in total.